The second kappa shape index (κ2) is 6.59. The second-order valence-corrected chi connectivity index (χ2v) is 8.32. The maximum atomic E-state index is 13.4. The monoisotopic (exact) mass is 395 g/mol. The summed E-state index contributed by atoms with van der Waals surface area (Å²) >= 11 is 7.82. The third-order valence-corrected chi connectivity index (χ3v) is 6.56. The molecule has 4 rings (SSSR count). The van der Waals surface area contributed by atoms with Gasteiger partial charge in [0.25, 0.3) is 5.56 Å². The molecule has 4 aromatic rings. The summed E-state index contributed by atoms with van der Waals surface area (Å²) in [7, 11) is 0. The molecule has 0 saturated carbocycles. The molecule has 2 aromatic carbocycles. The number of nitrogens with zero attached hydrogens (tertiary/aromatic N) is 3. The maximum absolute atomic E-state index is 13.4. The first kappa shape index (κ1) is 17.9. The third-order valence-electron chi connectivity index (χ3n) is 4.72. The molecule has 0 amide bonds. The lowest BCUT2D eigenvalue weighted by molar-refractivity contribution is 0.415. The van der Waals surface area contributed by atoms with Crippen LogP contribution in [0, 0.1) is 6.92 Å². The third kappa shape index (κ3) is 2.97. The van der Waals surface area contributed by atoms with E-state index in [9.17, 15) is 4.79 Å². The summed E-state index contributed by atoms with van der Waals surface area (Å²) in [6.07, 6.45) is 1.61. The summed E-state index contributed by atoms with van der Waals surface area (Å²) in [6.45, 7) is 5.82. The first-order valence-electron chi connectivity index (χ1n) is 8.59. The van der Waals surface area contributed by atoms with Crippen LogP contribution in [0.4, 0.5) is 0 Å². The van der Waals surface area contributed by atoms with Gasteiger partial charge in [-0.3, -0.25) is 9.36 Å². The molecule has 27 heavy (non-hydrogen) atoms. The smallest absolute Gasteiger partial charge is 0.262 e. The largest absolute Gasteiger partial charge is 0.286 e. The van der Waals surface area contributed by atoms with Crippen molar-refractivity contribution in [1.82, 2.24) is 14.5 Å². The quantitative estimate of drug-likeness (QED) is 0.475. The molecule has 0 N–H and O–H groups in total. The Morgan fingerprint density at radius 3 is 2.52 bits per heavy atom. The lowest BCUT2D eigenvalue weighted by Gasteiger charge is -2.25. The van der Waals surface area contributed by atoms with Crippen molar-refractivity contribution in [1.29, 1.82) is 0 Å². The number of rotatable bonds is 3. The highest BCUT2D eigenvalue weighted by atomic mass is 35.5. The molecule has 136 valence electrons. The average molecular weight is 396 g/mol. The van der Waals surface area contributed by atoms with Crippen LogP contribution in [0.15, 0.2) is 59.7 Å². The van der Waals surface area contributed by atoms with Crippen molar-refractivity contribution >= 4 is 33.2 Å². The number of hydrogen-bond acceptors (Lipinski definition) is 4. The standard InChI is InChI=1S/C21H18ClN3OS/c1-13-17(14-8-5-4-6-9-14)19(26)25(12-23-13)21(2,3)20-24-16-11-7-10-15(22)18(16)27-20/h4-12H,1-3H3. The van der Waals surface area contributed by atoms with Crippen LogP contribution in [0.1, 0.15) is 24.5 Å². The van der Waals surface area contributed by atoms with E-state index in [0.29, 0.717) is 16.3 Å². The summed E-state index contributed by atoms with van der Waals surface area (Å²) in [4.78, 5) is 22.6. The Bertz CT molecular complexity index is 1200. The van der Waals surface area contributed by atoms with Gasteiger partial charge in [0.15, 0.2) is 0 Å². The van der Waals surface area contributed by atoms with Gasteiger partial charge >= 0.3 is 0 Å². The Hall–Kier alpha value is -2.50. The zero-order valence-corrected chi connectivity index (χ0v) is 16.8. The van der Waals surface area contributed by atoms with Crippen molar-refractivity contribution in [3.8, 4) is 11.1 Å². The maximum Gasteiger partial charge on any atom is 0.262 e. The van der Waals surface area contributed by atoms with Gasteiger partial charge in [-0.2, -0.15) is 0 Å². The minimum atomic E-state index is -0.658. The molecular formula is C21H18ClN3OS. The van der Waals surface area contributed by atoms with Gasteiger partial charge in [0.1, 0.15) is 5.01 Å². The van der Waals surface area contributed by atoms with E-state index < -0.39 is 5.54 Å². The normalized spacial score (nSPS) is 11.9. The molecule has 2 heterocycles. The number of thiazole rings is 1. The minimum Gasteiger partial charge on any atom is -0.286 e. The van der Waals surface area contributed by atoms with Gasteiger partial charge in [-0.15, -0.1) is 11.3 Å². The van der Waals surface area contributed by atoms with Crippen LogP contribution in [-0.2, 0) is 5.54 Å². The van der Waals surface area contributed by atoms with Crippen molar-refractivity contribution in [3.05, 3.63) is 80.9 Å². The predicted molar refractivity (Wildman–Crippen MR) is 112 cm³/mol. The number of halogens is 1. The summed E-state index contributed by atoms with van der Waals surface area (Å²) < 4.78 is 2.59. The molecule has 0 aliphatic carbocycles. The molecule has 0 atom stereocenters. The van der Waals surface area contributed by atoms with E-state index in [4.69, 9.17) is 16.6 Å². The molecule has 0 fully saturated rings. The summed E-state index contributed by atoms with van der Waals surface area (Å²) in [5.74, 6) is 0. The second-order valence-electron chi connectivity index (χ2n) is 6.91. The van der Waals surface area contributed by atoms with Gasteiger partial charge in [0.2, 0.25) is 0 Å². The van der Waals surface area contributed by atoms with E-state index in [-0.39, 0.29) is 5.56 Å². The van der Waals surface area contributed by atoms with Crippen LogP contribution >= 0.6 is 22.9 Å². The fourth-order valence-corrected chi connectivity index (χ4v) is 4.51. The number of aryl methyl sites for hydroxylation is 1. The predicted octanol–water partition coefficient (Wildman–Crippen LogP) is 5.27. The van der Waals surface area contributed by atoms with E-state index in [1.54, 1.807) is 10.9 Å². The zero-order valence-electron chi connectivity index (χ0n) is 15.2. The Labute approximate surface area is 166 Å². The molecule has 6 heteroatoms. The van der Waals surface area contributed by atoms with Crippen LogP contribution in [0.25, 0.3) is 21.3 Å². The number of benzene rings is 2. The SMILES string of the molecule is Cc1ncn(C(C)(C)c2nc3cccc(Cl)c3s2)c(=O)c1-c1ccccc1. The Morgan fingerprint density at radius 1 is 1.07 bits per heavy atom. The summed E-state index contributed by atoms with van der Waals surface area (Å²) in [5.41, 5.74) is 2.30. The van der Waals surface area contributed by atoms with E-state index in [1.165, 1.54) is 11.3 Å². The first-order valence-corrected chi connectivity index (χ1v) is 9.78. The van der Waals surface area contributed by atoms with E-state index >= 15 is 0 Å². The Morgan fingerprint density at radius 2 is 1.81 bits per heavy atom. The fraction of sp³-hybridized carbons (Fsp3) is 0.190. The molecule has 2 aromatic heterocycles. The van der Waals surface area contributed by atoms with Gasteiger partial charge in [0, 0.05) is 0 Å². The summed E-state index contributed by atoms with van der Waals surface area (Å²) in [6, 6.07) is 15.3. The highest BCUT2D eigenvalue weighted by molar-refractivity contribution is 7.19. The van der Waals surface area contributed by atoms with Gasteiger partial charge in [-0.05, 0) is 38.5 Å². The first-order chi connectivity index (χ1) is 12.9. The highest BCUT2D eigenvalue weighted by Gasteiger charge is 2.30. The fourth-order valence-electron chi connectivity index (χ4n) is 3.15. The van der Waals surface area contributed by atoms with Crippen LogP contribution < -0.4 is 5.56 Å². The molecule has 0 saturated heterocycles. The molecule has 0 aliphatic rings. The average Bonchev–Trinajstić information content (AvgIpc) is 3.09. The Kier molecular flexibility index (Phi) is 4.36. The summed E-state index contributed by atoms with van der Waals surface area (Å²) in [5, 5.41) is 1.49. The van der Waals surface area contributed by atoms with Gasteiger partial charge in [-0.1, -0.05) is 48.0 Å². The molecule has 4 nitrogen and oxygen atoms in total. The van der Waals surface area contributed by atoms with Crippen LogP contribution in [0.5, 0.6) is 0 Å². The number of hydrogen-bond donors (Lipinski definition) is 0. The van der Waals surface area contributed by atoms with Gasteiger partial charge < -0.3 is 0 Å². The van der Waals surface area contributed by atoms with E-state index in [0.717, 1.165) is 20.8 Å². The van der Waals surface area contributed by atoms with Gasteiger partial charge in [0.05, 0.1) is 38.4 Å². The van der Waals surface area contributed by atoms with Crippen LogP contribution in [-0.4, -0.2) is 14.5 Å². The lowest BCUT2D eigenvalue weighted by atomic mass is 10.0. The van der Waals surface area contributed by atoms with Gasteiger partial charge in [-0.25, -0.2) is 9.97 Å². The number of fused-ring (bicyclic) bond motifs is 1. The van der Waals surface area contributed by atoms with Crippen LogP contribution in [0.2, 0.25) is 5.02 Å². The van der Waals surface area contributed by atoms with Crippen molar-refractivity contribution in [2.75, 3.05) is 0 Å². The van der Waals surface area contributed by atoms with Crippen molar-refractivity contribution < 1.29 is 0 Å². The molecular weight excluding hydrogens is 378 g/mol. The number of aromatic nitrogens is 3. The molecule has 0 unspecified atom stereocenters. The Balaban J connectivity index is 1.91. The molecule has 0 bridgehead atoms. The van der Waals surface area contributed by atoms with E-state index in [2.05, 4.69) is 4.98 Å². The highest BCUT2D eigenvalue weighted by Crippen LogP contribution is 2.35. The van der Waals surface area contributed by atoms with E-state index in [1.807, 2.05) is 69.3 Å². The van der Waals surface area contributed by atoms with Crippen molar-refractivity contribution in [2.24, 2.45) is 0 Å². The van der Waals surface area contributed by atoms with Crippen molar-refractivity contribution in [3.63, 3.8) is 0 Å². The minimum absolute atomic E-state index is 0.0796. The van der Waals surface area contributed by atoms with Crippen LogP contribution in [0.3, 0.4) is 0 Å². The van der Waals surface area contributed by atoms with Crippen molar-refractivity contribution in [2.45, 2.75) is 26.3 Å². The zero-order chi connectivity index (χ0) is 19.2. The topological polar surface area (TPSA) is 47.8 Å². The molecule has 0 spiro atoms. The molecule has 0 aliphatic heterocycles. The molecule has 0 radical (unpaired) electrons. The lowest BCUT2D eigenvalue weighted by Crippen LogP contribution is -2.38.